The highest BCUT2D eigenvalue weighted by atomic mass is 32.1. The van der Waals surface area contributed by atoms with Gasteiger partial charge < -0.3 is 5.32 Å². The van der Waals surface area contributed by atoms with Crippen molar-refractivity contribution in [1.82, 2.24) is 4.98 Å². The summed E-state index contributed by atoms with van der Waals surface area (Å²) in [5, 5.41) is 17.0. The van der Waals surface area contributed by atoms with Gasteiger partial charge in [0.1, 0.15) is 5.82 Å². The Kier molecular flexibility index (Phi) is 3.30. The van der Waals surface area contributed by atoms with E-state index in [0.717, 1.165) is 16.8 Å². The molecule has 0 bridgehead atoms. The zero-order valence-electron chi connectivity index (χ0n) is 10.4. The minimum absolute atomic E-state index is 0.104. The number of thiophene rings is 1. The molecule has 0 aliphatic carbocycles. The van der Waals surface area contributed by atoms with E-state index < -0.39 is 4.92 Å². The highest BCUT2D eigenvalue weighted by Gasteiger charge is 2.05. The van der Waals surface area contributed by atoms with Gasteiger partial charge in [-0.25, -0.2) is 4.98 Å². The molecule has 0 amide bonds. The van der Waals surface area contributed by atoms with Crippen molar-refractivity contribution in [3.63, 3.8) is 0 Å². The molecule has 2 heterocycles. The number of non-ortho nitro benzene ring substituents is 1. The van der Waals surface area contributed by atoms with E-state index in [2.05, 4.69) is 10.3 Å². The number of nitrogens with one attached hydrogen (secondary N) is 1. The number of rotatable bonds is 4. The van der Waals surface area contributed by atoms with Crippen LogP contribution >= 0.6 is 11.3 Å². The van der Waals surface area contributed by atoms with Gasteiger partial charge in [0.15, 0.2) is 0 Å². The Hall–Kier alpha value is -2.47. The maximum Gasteiger partial charge on any atom is 0.269 e. The Balaban J connectivity index is 1.76. The van der Waals surface area contributed by atoms with Crippen LogP contribution < -0.4 is 5.32 Å². The normalized spacial score (nSPS) is 10.6. The Labute approximate surface area is 119 Å². The zero-order chi connectivity index (χ0) is 13.9. The molecule has 1 aromatic carbocycles. The van der Waals surface area contributed by atoms with Crippen molar-refractivity contribution < 1.29 is 4.92 Å². The van der Waals surface area contributed by atoms with Crippen molar-refractivity contribution in [3.05, 3.63) is 63.7 Å². The summed E-state index contributed by atoms with van der Waals surface area (Å²) < 4.78 is 1.19. The standard InChI is InChI=1S/C14H11N3O2S/c18-17(19)11-3-1-10(2-4-11)9-16-14-12-6-8-20-13(12)5-7-15-14/h1-8H,9H2,(H,15,16). The summed E-state index contributed by atoms with van der Waals surface area (Å²) in [6.45, 7) is 0.583. The largest absolute Gasteiger partial charge is 0.365 e. The molecule has 0 saturated carbocycles. The fourth-order valence-corrected chi connectivity index (χ4v) is 2.74. The summed E-state index contributed by atoms with van der Waals surface area (Å²) in [5.74, 6) is 0.835. The molecule has 5 nitrogen and oxygen atoms in total. The maximum atomic E-state index is 10.6. The van der Waals surface area contributed by atoms with Crippen LogP contribution in [0.4, 0.5) is 11.5 Å². The summed E-state index contributed by atoms with van der Waals surface area (Å²) in [5.41, 5.74) is 1.08. The number of hydrogen-bond donors (Lipinski definition) is 1. The number of nitro benzene ring substituents is 1. The van der Waals surface area contributed by atoms with Crippen LogP contribution in [-0.2, 0) is 6.54 Å². The quantitative estimate of drug-likeness (QED) is 0.584. The number of aromatic nitrogens is 1. The number of benzene rings is 1. The van der Waals surface area contributed by atoms with E-state index in [-0.39, 0.29) is 5.69 Å². The van der Waals surface area contributed by atoms with Gasteiger partial charge in [-0.05, 0) is 23.1 Å². The molecule has 0 radical (unpaired) electrons. The number of pyridine rings is 1. The van der Waals surface area contributed by atoms with Gasteiger partial charge in [-0.15, -0.1) is 11.3 Å². The number of hydrogen-bond acceptors (Lipinski definition) is 5. The fourth-order valence-electron chi connectivity index (χ4n) is 1.96. The van der Waals surface area contributed by atoms with Gasteiger partial charge in [0.05, 0.1) is 4.92 Å². The van der Waals surface area contributed by atoms with Crippen LogP contribution in [0.3, 0.4) is 0 Å². The topological polar surface area (TPSA) is 68.1 Å². The van der Waals surface area contributed by atoms with Gasteiger partial charge in [-0.3, -0.25) is 10.1 Å². The first-order valence-electron chi connectivity index (χ1n) is 6.03. The Bertz CT molecular complexity index is 752. The molecule has 0 spiro atoms. The third kappa shape index (κ3) is 2.46. The lowest BCUT2D eigenvalue weighted by molar-refractivity contribution is -0.384. The van der Waals surface area contributed by atoms with E-state index in [9.17, 15) is 10.1 Å². The van der Waals surface area contributed by atoms with Gasteiger partial charge in [-0.2, -0.15) is 0 Å². The smallest absolute Gasteiger partial charge is 0.269 e. The molecule has 3 rings (SSSR count). The zero-order valence-corrected chi connectivity index (χ0v) is 11.3. The van der Waals surface area contributed by atoms with Gasteiger partial charge >= 0.3 is 0 Å². The number of nitrogens with zero attached hydrogens (tertiary/aromatic N) is 2. The minimum atomic E-state index is -0.398. The molecule has 0 atom stereocenters. The lowest BCUT2D eigenvalue weighted by Gasteiger charge is -2.06. The monoisotopic (exact) mass is 285 g/mol. The van der Waals surface area contributed by atoms with E-state index in [1.807, 2.05) is 17.5 Å². The van der Waals surface area contributed by atoms with Crippen LogP contribution in [-0.4, -0.2) is 9.91 Å². The van der Waals surface area contributed by atoms with E-state index in [1.54, 1.807) is 29.7 Å². The first kappa shape index (κ1) is 12.6. The second-order valence-corrected chi connectivity index (χ2v) is 5.22. The molecule has 0 fully saturated rings. The van der Waals surface area contributed by atoms with Crippen LogP contribution in [0, 0.1) is 10.1 Å². The predicted molar refractivity (Wildman–Crippen MR) is 80.0 cm³/mol. The van der Waals surface area contributed by atoms with Crippen molar-refractivity contribution in [3.8, 4) is 0 Å². The Morgan fingerprint density at radius 2 is 2.00 bits per heavy atom. The van der Waals surface area contributed by atoms with Crippen molar-refractivity contribution in [2.45, 2.75) is 6.54 Å². The molecule has 20 heavy (non-hydrogen) atoms. The predicted octanol–water partition coefficient (Wildman–Crippen LogP) is 3.82. The third-order valence-electron chi connectivity index (χ3n) is 2.99. The SMILES string of the molecule is O=[N+]([O-])c1ccc(CNc2nccc3sccc23)cc1. The number of nitro groups is 1. The summed E-state index contributed by atoms with van der Waals surface area (Å²) in [6.07, 6.45) is 1.77. The Morgan fingerprint density at radius 3 is 2.75 bits per heavy atom. The van der Waals surface area contributed by atoms with Crippen LogP contribution in [0.15, 0.2) is 48.0 Å². The average Bonchev–Trinajstić information content (AvgIpc) is 2.94. The van der Waals surface area contributed by atoms with E-state index >= 15 is 0 Å². The van der Waals surface area contributed by atoms with Gasteiger partial charge in [0, 0.05) is 35.0 Å². The highest BCUT2D eigenvalue weighted by Crippen LogP contribution is 2.26. The van der Waals surface area contributed by atoms with Crippen LogP contribution in [0.2, 0.25) is 0 Å². The molecule has 0 unspecified atom stereocenters. The average molecular weight is 285 g/mol. The summed E-state index contributed by atoms with van der Waals surface area (Å²) in [6, 6.07) is 10.5. The molecule has 0 saturated heterocycles. The first-order chi connectivity index (χ1) is 9.74. The molecule has 2 aromatic heterocycles. The van der Waals surface area contributed by atoms with Crippen molar-refractivity contribution >= 4 is 32.9 Å². The number of anilines is 1. The van der Waals surface area contributed by atoms with Crippen molar-refractivity contribution in [2.24, 2.45) is 0 Å². The van der Waals surface area contributed by atoms with Crippen LogP contribution in [0.1, 0.15) is 5.56 Å². The summed E-state index contributed by atoms with van der Waals surface area (Å²) >= 11 is 1.67. The molecule has 6 heteroatoms. The lowest BCUT2D eigenvalue weighted by atomic mass is 10.2. The van der Waals surface area contributed by atoms with E-state index in [0.29, 0.717) is 6.54 Å². The summed E-state index contributed by atoms with van der Waals surface area (Å²) in [4.78, 5) is 14.5. The molecular weight excluding hydrogens is 274 g/mol. The van der Waals surface area contributed by atoms with Crippen molar-refractivity contribution in [2.75, 3.05) is 5.32 Å². The molecule has 0 aliphatic heterocycles. The van der Waals surface area contributed by atoms with Crippen LogP contribution in [0.25, 0.3) is 10.1 Å². The minimum Gasteiger partial charge on any atom is -0.365 e. The molecular formula is C14H11N3O2S. The first-order valence-corrected chi connectivity index (χ1v) is 6.91. The molecule has 3 aromatic rings. The van der Waals surface area contributed by atoms with E-state index in [4.69, 9.17) is 0 Å². The van der Waals surface area contributed by atoms with Gasteiger partial charge in [-0.1, -0.05) is 12.1 Å². The molecule has 100 valence electrons. The van der Waals surface area contributed by atoms with Gasteiger partial charge in [0.25, 0.3) is 5.69 Å². The molecule has 0 aliphatic rings. The summed E-state index contributed by atoms with van der Waals surface area (Å²) in [7, 11) is 0. The Morgan fingerprint density at radius 1 is 1.20 bits per heavy atom. The van der Waals surface area contributed by atoms with Gasteiger partial charge in [0.2, 0.25) is 0 Å². The van der Waals surface area contributed by atoms with Crippen molar-refractivity contribution in [1.29, 1.82) is 0 Å². The maximum absolute atomic E-state index is 10.6. The number of fused-ring (bicyclic) bond motifs is 1. The van der Waals surface area contributed by atoms with Crippen LogP contribution in [0.5, 0.6) is 0 Å². The highest BCUT2D eigenvalue weighted by molar-refractivity contribution is 7.17. The second kappa shape index (κ2) is 5.26. The fraction of sp³-hybridized carbons (Fsp3) is 0.0714. The molecule has 1 N–H and O–H groups in total. The van der Waals surface area contributed by atoms with E-state index in [1.165, 1.54) is 16.8 Å². The second-order valence-electron chi connectivity index (χ2n) is 4.27. The third-order valence-corrected chi connectivity index (χ3v) is 3.87. The lowest BCUT2D eigenvalue weighted by Crippen LogP contribution is -2.01.